The summed E-state index contributed by atoms with van der Waals surface area (Å²) in [7, 11) is 1.91. The van der Waals surface area contributed by atoms with E-state index in [0.717, 1.165) is 24.2 Å². The SMILES string of the molecule is CCc1c(C(=O)N(C)C2CCCCCC2)cnn1-c1ccc(F)cc1. The largest absolute Gasteiger partial charge is 0.339 e. The van der Waals surface area contributed by atoms with E-state index in [1.807, 2.05) is 18.9 Å². The number of benzene rings is 1. The van der Waals surface area contributed by atoms with Crippen molar-refractivity contribution in [1.29, 1.82) is 0 Å². The molecule has 5 heteroatoms. The molecule has 3 rings (SSSR count). The van der Waals surface area contributed by atoms with Crippen LogP contribution in [0.1, 0.15) is 61.5 Å². The Balaban J connectivity index is 1.86. The summed E-state index contributed by atoms with van der Waals surface area (Å²) in [5.74, 6) is -0.240. The van der Waals surface area contributed by atoms with Crippen molar-refractivity contribution in [3.05, 3.63) is 47.5 Å². The highest BCUT2D eigenvalue weighted by Gasteiger charge is 2.25. The van der Waals surface area contributed by atoms with Crippen molar-refractivity contribution in [3.63, 3.8) is 0 Å². The van der Waals surface area contributed by atoms with Crippen LogP contribution < -0.4 is 0 Å². The zero-order valence-electron chi connectivity index (χ0n) is 15.0. The number of carbonyl (C=O) groups excluding carboxylic acids is 1. The molecule has 1 fully saturated rings. The quantitative estimate of drug-likeness (QED) is 0.773. The number of aromatic nitrogens is 2. The predicted octanol–water partition coefficient (Wildman–Crippen LogP) is 4.37. The normalized spacial score (nSPS) is 15.8. The van der Waals surface area contributed by atoms with Crippen LogP contribution in [0.2, 0.25) is 0 Å². The standard InChI is InChI=1S/C20H26FN3O/c1-3-19-18(14-22-24(19)17-12-10-15(21)11-13-17)20(25)23(2)16-8-6-4-5-7-9-16/h10-14,16H,3-9H2,1-2H3. The van der Waals surface area contributed by atoms with Crippen molar-refractivity contribution >= 4 is 5.91 Å². The summed E-state index contributed by atoms with van der Waals surface area (Å²) in [6.07, 6.45) is 9.41. The first-order valence-electron chi connectivity index (χ1n) is 9.21. The molecule has 1 heterocycles. The fourth-order valence-electron chi connectivity index (χ4n) is 3.70. The molecule has 1 aliphatic carbocycles. The van der Waals surface area contributed by atoms with E-state index in [4.69, 9.17) is 0 Å². The summed E-state index contributed by atoms with van der Waals surface area (Å²) in [5.41, 5.74) is 2.30. The van der Waals surface area contributed by atoms with Gasteiger partial charge in [-0.05, 0) is 43.5 Å². The van der Waals surface area contributed by atoms with Crippen LogP contribution in [-0.2, 0) is 6.42 Å². The van der Waals surface area contributed by atoms with Crippen LogP contribution in [0.15, 0.2) is 30.5 Å². The number of nitrogens with zero attached hydrogens (tertiary/aromatic N) is 3. The van der Waals surface area contributed by atoms with Gasteiger partial charge in [0.1, 0.15) is 5.82 Å². The average Bonchev–Trinajstić information content (AvgIpc) is 2.86. The molecule has 0 N–H and O–H groups in total. The van der Waals surface area contributed by atoms with Crippen LogP contribution in [0, 0.1) is 5.82 Å². The first-order chi connectivity index (χ1) is 12.1. The first-order valence-corrected chi connectivity index (χ1v) is 9.21. The van der Waals surface area contributed by atoms with E-state index in [9.17, 15) is 9.18 Å². The maximum absolute atomic E-state index is 13.2. The van der Waals surface area contributed by atoms with Gasteiger partial charge in [-0.15, -0.1) is 0 Å². The van der Waals surface area contributed by atoms with Gasteiger partial charge in [-0.1, -0.05) is 32.6 Å². The van der Waals surface area contributed by atoms with Gasteiger partial charge in [0.2, 0.25) is 0 Å². The van der Waals surface area contributed by atoms with Gasteiger partial charge in [-0.2, -0.15) is 5.10 Å². The molecule has 0 aliphatic heterocycles. The molecule has 0 atom stereocenters. The monoisotopic (exact) mass is 343 g/mol. The van der Waals surface area contributed by atoms with E-state index in [2.05, 4.69) is 5.10 Å². The van der Waals surface area contributed by atoms with Gasteiger partial charge in [0.25, 0.3) is 5.91 Å². The smallest absolute Gasteiger partial charge is 0.257 e. The number of hydrogen-bond donors (Lipinski definition) is 0. The minimum atomic E-state index is -0.279. The van der Waals surface area contributed by atoms with Crippen molar-refractivity contribution in [2.45, 2.75) is 57.9 Å². The lowest BCUT2D eigenvalue weighted by Crippen LogP contribution is -2.37. The zero-order chi connectivity index (χ0) is 17.8. The average molecular weight is 343 g/mol. The fourth-order valence-corrected chi connectivity index (χ4v) is 3.70. The van der Waals surface area contributed by atoms with Crippen molar-refractivity contribution < 1.29 is 9.18 Å². The number of carbonyl (C=O) groups is 1. The van der Waals surface area contributed by atoms with Crippen molar-refractivity contribution in [1.82, 2.24) is 14.7 Å². The third-order valence-electron chi connectivity index (χ3n) is 5.20. The fraction of sp³-hybridized carbons (Fsp3) is 0.500. The third kappa shape index (κ3) is 3.75. The Bertz CT molecular complexity index is 715. The minimum Gasteiger partial charge on any atom is -0.339 e. The Hall–Kier alpha value is -2.17. The number of hydrogen-bond acceptors (Lipinski definition) is 2. The lowest BCUT2D eigenvalue weighted by molar-refractivity contribution is 0.0716. The van der Waals surface area contributed by atoms with E-state index >= 15 is 0 Å². The zero-order valence-corrected chi connectivity index (χ0v) is 15.0. The second-order valence-corrected chi connectivity index (χ2v) is 6.81. The lowest BCUT2D eigenvalue weighted by atomic mass is 10.1. The van der Waals surface area contributed by atoms with Gasteiger partial charge in [0, 0.05) is 13.1 Å². The van der Waals surface area contributed by atoms with Gasteiger partial charge in [0.05, 0.1) is 23.1 Å². The second-order valence-electron chi connectivity index (χ2n) is 6.81. The summed E-state index contributed by atoms with van der Waals surface area (Å²) >= 11 is 0. The Morgan fingerprint density at radius 1 is 1.20 bits per heavy atom. The van der Waals surface area contributed by atoms with Gasteiger partial charge >= 0.3 is 0 Å². The summed E-state index contributed by atoms with van der Waals surface area (Å²) in [6.45, 7) is 2.01. The molecule has 0 radical (unpaired) electrons. The maximum atomic E-state index is 13.2. The number of amides is 1. The molecule has 1 aromatic heterocycles. The number of rotatable bonds is 4. The van der Waals surface area contributed by atoms with Gasteiger partial charge in [-0.25, -0.2) is 9.07 Å². The maximum Gasteiger partial charge on any atom is 0.257 e. The van der Waals surface area contributed by atoms with Crippen LogP contribution in [-0.4, -0.2) is 33.7 Å². The Labute approximate surface area is 148 Å². The molecule has 4 nitrogen and oxygen atoms in total. The number of halogens is 1. The van der Waals surface area contributed by atoms with Gasteiger partial charge < -0.3 is 4.90 Å². The molecule has 25 heavy (non-hydrogen) atoms. The summed E-state index contributed by atoms with van der Waals surface area (Å²) in [6, 6.07) is 6.51. The van der Waals surface area contributed by atoms with Crippen LogP contribution >= 0.6 is 0 Å². The highest BCUT2D eigenvalue weighted by atomic mass is 19.1. The van der Waals surface area contributed by atoms with Gasteiger partial charge in [-0.3, -0.25) is 4.79 Å². The summed E-state index contributed by atoms with van der Waals surface area (Å²) in [5, 5.41) is 4.40. The Morgan fingerprint density at radius 2 is 1.84 bits per heavy atom. The van der Waals surface area contributed by atoms with E-state index in [0.29, 0.717) is 18.0 Å². The molecule has 0 bridgehead atoms. The summed E-state index contributed by atoms with van der Waals surface area (Å²) < 4.78 is 14.9. The van der Waals surface area contributed by atoms with E-state index < -0.39 is 0 Å². The highest BCUT2D eigenvalue weighted by molar-refractivity contribution is 5.95. The summed E-state index contributed by atoms with van der Waals surface area (Å²) in [4.78, 5) is 14.9. The van der Waals surface area contributed by atoms with E-state index in [1.165, 1.54) is 37.8 Å². The van der Waals surface area contributed by atoms with E-state index in [-0.39, 0.29) is 11.7 Å². The molecular weight excluding hydrogens is 317 g/mol. The second kappa shape index (κ2) is 7.81. The van der Waals surface area contributed by atoms with Gasteiger partial charge in [0.15, 0.2) is 0 Å². The molecule has 134 valence electrons. The molecular formula is C20H26FN3O. The van der Waals surface area contributed by atoms with Crippen LogP contribution in [0.3, 0.4) is 0 Å². The van der Waals surface area contributed by atoms with Crippen LogP contribution in [0.25, 0.3) is 5.69 Å². The van der Waals surface area contributed by atoms with E-state index in [1.54, 1.807) is 23.0 Å². The van der Waals surface area contributed by atoms with Crippen molar-refractivity contribution in [2.24, 2.45) is 0 Å². The third-order valence-corrected chi connectivity index (χ3v) is 5.20. The molecule has 1 aliphatic rings. The van der Waals surface area contributed by atoms with Crippen molar-refractivity contribution in [3.8, 4) is 5.69 Å². The van der Waals surface area contributed by atoms with Crippen LogP contribution in [0.4, 0.5) is 4.39 Å². The molecule has 0 spiro atoms. The van der Waals surface area contributed by atoms with Crippen LogP contribution in [0.5, 0.6) is 0 Å². The Kier molecular flexibility index (Phi) is 5.51. The first kappa shape index (κ1) is 17.6. The minimum absolute atomic E-state index is 0.0390. The molecule has 2 aromatic rings. The molecule has 1 saturated carbocycles. The lowest BCUT2D eigenvalue weighted by Gasteiger charge is -2.27. The Morgan fingerprint density at radius 3 is 2.44 bits per heavy atom. The molecule has 1 aromatic carbocycles. The highest BCUT2D eigenvalue weighted by Crippen LogP contribution is 2.24. The predicted molar refractivity (Wildman–Crippen MR) is 96.5 cm³/mol. The molecule has 1 amide bonds. The van der Waals surface area contributed by atoms with Crippen molar-refractivity contribution in [2.75, 3.05) is 7.05 Å². The molecule has 0 saturated heterocycles. The topological polar surface area (TPSA) is 38.1 Å². The molecule has 0 unspecified atom stereocenters.